The second kappa shape index (κ2) is 2.67. The van der Waals surface area contributed by atoms with Crippen LogP contribution in [0.2, 0.25) is 0 Å². The van der Waals surface area contributed by atoms with Crippen molar-refractivity contribution in [3.8, 4) is 0 Å². The predicted molar refractivity (Wildman–Crippen MR) is 22.4 cm³/mol. The Labute approximate surface area is 49.1 Å². The van der Waals surface area contributed by atoms with Crippen molar-refractivity contribution in [2.45, 2.75) is 12.3 Å². The van der Waals surface area contributed by atoms with Gasteiger partial charge in [-0.3, -0.25) is 0 Å². The number of halogens is 4. The van der Waals surface area contributed by atoms with Crippen molar-refractivity contribution in [3.63, 3.8) is 0 Å². The summed E-state index contributed by atoms with van der Waals surface area (Å²) in [5.41, 5.74) is 0. The molecule has 0 saturated carbocycles. The van der Waals surface area contributed by atoms with Gasteiger partial charge in [0.15, 0.2) is 0 Å². The molecule has 1 nitrogen and oxygen atoms in total. The lowest BCUT2D eigenvalue weighted by Gasteiger charge is -2.06. The van der Waals surface area contributed by atoms with E-state index < -0.39 is 18.9 Å². The first-order valence-electron chi connectivity index (χ1n) is 2.00. The lowest BCUT2D eigenvalue weighted by atomic mass is 10.4. The predicted octanol–water partition coefficient (Wildman–Crippen LogP) is 1.81. The van der Waals surface area contributed by atoms with Crippen LogP contribution in [0.15, 0.2) is 0 Å². The number of hydrogen-bond acceptors (Lipinski definition) is 0. The van der Waals surface area contributed by atoms with E-state index >= 15 is 0 Å². The van der Waals surface area contributed by atoms with Crippen LogP contribution in [0.5, 0.6) is 0 Å². The summed E-state index contributed by atoms with van der Waals surface area (Å²) in [5, 5.41) is 0. The Balaban J connectivity index is 3.89. The summed E-state index contributed by atoms with van der Waals surface area (Å²) in [6.07, 6.45) is -3.73. The first kappa shape index (κ1) is 8.21. The van der Waals surface area contributed by atoms with E-state index in [-0.39, 0.29) is 0 Å². The molecule has 9 heavy (non-hydrogen) atoms. The number of alkyl halides is 4. The summed E-state index contributed by atoms with van der Waals surface area (Å²) in [6.45, 7) is 4.42. The molecule has 0 N–H and O–H groups in total. The molecule has 0 rings (SSSR count). The number of hydrogen-bond donors (Lipinski definition) is 0. The fourth-order valence-electron chi connectivity index (χ4n) is 0.174. The minimum absolute atomic E-state index is 1.44. The molecule has 52 valence electrons. The van der Waals surface area contributed by atoms with Crippen molar-refractivity contribution in [1.29, 1.82) is 0 Å². The van der Waals surface area contributed by atoms with E-state index in [2.05, 4.69) is 4.85 Å². The molecular formula is C4H3F4N. The van der Waals surface area contributed by atoms with Crippen LogP contribution in [0.4, 0.5) is 17.6 Å². The highest BCUT2D eigenvalue weighted by Crippen LogP contribution is 2.22. The Morgan fingerprint density at radius 2 is 1.89 bits per heavy atom. The Hall–Kier alpha value is -0.790. The third-order valence-electron chi connectivity index (χ3n) is 0.609. The van der Waals surface area contributed by atoms with Gasteiger partial charge in [-0.2, -0.15) is 8.78 Å². The van der Waals surface area contributed by atoms with E-state index in [9.17, 15) is 17.6 Å². The van der Waals surface area contributed by atoms with Gasteiger partial charge in [-0.1, -0.05) is 0 Å². The highest BCUT2D eigenvalue weighted by atomic mass is 19.3. The Bertz CT molecular complexity index is 125. The van der Waals surface area contributed by atoms with Crippen molar-refractivity contribution in [2.24, 2.45) is 0 Å². The van der Waals surface area contributed by atoms with Crippen molar-refractivity contribution < 1.29 is 17.6 Å². The molecule has 0 aliphatic rings. The van der Waals surface area contributed by atoms with Gasteiger partial charge in [0, 0.05) is 0 Å². The highest BCUT2D eigenvalue weighted by Gasteiger charge is 2.44. The fourth-order valence-corrected chi connectivity index (χ4v) is 0.174. The molecule has 0 aliphatic heterocycles. The van der Waals surface area contributed by atoms with E-state index in [1.165, 1.54) is 0 Å². The van der Waals surface area contributed by atoms with Crippen LogP contribution < -0.4 is 0 Å². The molecule has 0 unspecified atom stereocenters. The minimum atomic E-state index is -4.14. The summed E-state index contributed by atoms with van der Waals surface area (Å²) < 4.78 is 45.4. The van der Waals surface area contributed by atoms with Crippen LogP contribution >= 0.6 is 0 Å². The SMILES string of the molecule is [C-]#[N+]CC(F)(F)C(F)F. The zero-order valence-electron chi connectivity index (χ0n) is 4.24. The average molecular weight is 141 g/mol. The van der Waals surface area contributed by atoms with Crippen LogP contribution in [0.25, 0.3) is 4.85 Å². The molecule has 0 aromatic heterocycles. The monoisotopic (exact) mass is 141 g/mol. The molecule has 0 bridgehead atoms. The maximum absolute atomic E-state index is 11.6. The summed E-state index contributed by atoms with van der Waals surface area (Å²) in [4.78, 5) is 2.15. The second-order valence-corrected chi connectivity index (χ2v) is 1.38. The van der Waals surface area contributed by atoms with E-state index in [1.54, 1.807) is 0 Å². The van der Waals surface area contributed by atoms with Crippen molar-refractivity contribution >= 4 is 0 Å². The first-order valence-corrected chi connectivity index (χ1v) is 2.00. The Morgan fingerprint density at radius 3 is 2.00 bits per heavy atom. The van der Waals surface area contributed by atoms with E-state index in [1.807, 2.05) is 0 Å². The molecule has 5 heteroatoms. The number of rotatable bonds is 2. The van der Waals surface area contributed by atoms with Gasteiger partial charge < -0.3 is 4.85 Å². The van der Waals surface area contributed by atoms with Gasteiger partial charge in [-0.25, -0.2) is 15.4 Å². The van der Waals surface area contributed by atoms with Crippen LogP contribution in [-0.2, 0) is 0 Å². The lowest BCUT2D eigenvalue weighted by Crippen LogP contribution is -2.29. The minimum Gasteiger partial charge on any atom is -0.310 e. The van der Waals surface area contributed by atoms with Crippen LogP contribution in [-0.4, -0.2) is 18.9 Å². The summed E-state index contributed by atoms with van der Waals surface area (Å²) in [7, 11) is 0. The summed E-state index contributed by atoms with van der Waals surface area (Å²) >= 11 is 0. The van der Waals surface area contributed by atoms with Gasteiger partial charge >= 0.3 is 12.3 Å². The Kier molecular flexibility index (Phi) is 2.43. The molecule has 0 aromatic carbocycles. The van der Waals surface area contributed by atoms with Crippen molar-refractivity contribution in [2.75, 3.05) is 6.54 Å². The normalized spacial score (nSPS) is 11.6. The van der Waals surface area contributed by atoms with E-state index in [0.717, 1.165) is 0 Å². The van der Waals surface area contributed by atoms with Crippen LogP contribution in [0.3, 0.4) is 0 Å². The molecular weight excluding hydrogens is 138 g/mol. The van der Waals surface area contributed by atoms with Crippen molar-refractivity contribution in [3.05, 3.63) is 11.4 Å². The van der Waals surface area contributed by atoms with Gasteiger partial charge in [0.25, 0.3) is 6.54 Å². The van der Waals surface area contributed by atoms with E-state index in [4.69, 9.17) is 6.57 Å². The standard InChI is InChI=1S/C4H3F4N/c1-9-2-4(7,8)3(5)6/h3H,2H2. The molecule has 0 radical (unpaired) electrons. The van der Waals surface area contributed by atoms with E-state index in [0.29, 0.717) is 0 Å². The van der Waals surface area contributed by atoms with Crippen LogP contribution in [0.1, 0.15) is 0 Å². The van der Waals surface area contributed by atoms with Gasteiger partial charge in [0.05, 0.1) is 0 Å². The molecule has 0 atom stereocenters. The number of nitrogens with zero attached hydrogens (tertiary/aromatic N) is 1. The first-order chi connectivity index (χ1) is 4.00. The van der Waals surface area contributed by atoms with Gasteiger partial charge in [0.2, 0.25) is 0 Å². The second-order valence-electron chi connectivity index (χ2n) is 1.38. The van der Waals surface area contributed by atoms with Gasteiger partial charge in [-0.05, 0) is 0 Å². The molecule has 0 aromatic rings. The highest BCUT2D eigenvalue weighted by molar-refractivity contribution is 4.78. The summed E-state index contributed by atoms with van der Waals surface area (Å²) in [5.74, 6) is -4.14. The lowest BCUT2D eigenvalue weighted by molar-refractivity contribution is -0.115. The zero-order chi connectivity index (χ0) is 7.49. The third-order valence-corrected chi connectivity index (χ3v) is 0.609. The quantitative estimate of drug-likeness (QED) is 0.408. The maximum atomic E-state index is 11.6. The van der Waals surface area contributed by atoms with Gasteiger partial charge in [-0.15, -0.1) is 0 Å². The topological polar surface area (TPSA) is 4.36 Å². The third kappa shape index (κ3) is 2.31. The Morgan fingerprint density at radius 1 is 1.44 bits per heavy atom. The molecule has 0 spiro atoms. The molecule has 0 amide bonds. The zero-order valence-corrected chi connectivity index (χ0v) is 4.24. The van der Waals surface area contributed by atoms with Crippen LogP contribution in [0, 0.1) is 6.57 Å². The molecule has 0 aliphatic carbocycles. The fraction of sp³-hybridized carbons (Fsp3) is 0.750. The molecule has 0 saturated heterocycles. The van der Waals surface area contributed by atoms with Crippen molar-refractivity contribution in [1.82, 2.24) is 0 Å². The average Bonchev–Trinajstić information content (AvgIpc) is 1.65. The smallest absolute Gasteiger partial charge is 0.310 e. The summed E-state index contributed by atoms with van der Waals surface area (Å²) in [6, 6.07) is 0. The molecule has 0 heterocycles. The largest absolute Gasteiger partial charge is 0.377 e. The molecule has 0 fully saturated rings. The van der Waals surface area contributed by atoms with Gasteiger partial charge in [0.1, 0.15) is 0 Å². The maximum Gasteiger partial charge on any atom is 0.377 e.